The molecule has 0 radical (unpaired) electrons. The van der Waals surface area contributed by atoms with Gasteiger partial charge in [0.1, 0.15) is 5.75 Å². The number of carbonyl (C=O) groups is 1. The molecule has 2 N–H and O–H groups in total. The maximum atomic E-state index is 11.9. The molecule has 0 bridgehead atoms. The van der Waals surface area contributed by atoms with E-state index in [9.17, 15) is 4.79 Å². The summed E-state index contributed by atoms with van der Waals surface area (Å²) in [7, 11) is 1.63. The minimum atomic E-state index is 0.00506. The molecule has 0 aliphatic heterocycles. The van der Waals surface area contributed by atoms with Crippen LogP contribution < -0.4 is 15.4 Å². The van der Waals surface area contributed by atoms with Gasteiger partial charge in [-0.05, 0) is 34.1 Å². The van der Waals surface area contributed by atoms with Gasteiger partial charge in [0.25, 0.3) is 0 Å². The van der Waals surface area contributed by atoms with Crippen molar-refractivity contribution in [2.45, 2.75) is 13.0 Å². The first kappa shape index (κ1) is 16.4. The highest BCUT2D eigenvalue weighted by Gasteiger charge is 2.05. The molecule has 4 nitrogen and oxygen atoms in total. The van der Waals surface area contributed by atoms with E-state index in [0.717, 1.165) is 21.5 Å². The van der Waals surface area contributed by atoms with Gasteiger partial charge in [-0.25, -0.2) is 0 Å². The molecule has 0 aliphatic carbocycles. The second kappa shape index (κ2) is 8.44. The maximum absolute atomic E-state index is 11.9. The molecule has 116 valence electrons. The van der Waals surface area contributed by atoms with Crippen LogP contribution in [0, 0.1) is 0 Å². The summed E-state index contributed by atoms with van der Waals surface area (Å²) in [4.78, 5) is 11.9. The molecular formula is C17H19BrN2O2. The standard InChI is InChI=1S/C17H19BrN2O2/c1-22-16-9-5-2-6-13(16)12-20-17(21)10-11-19-15-8-4-3-7-14(15)18/h2-9,19H,10-12H2,1H3,(H,20,21). The molecule has 22 heavy (non-hydrogen) atoms. The molecular weight excluding hydrogens is 344 g/mol. The van der Waals surface area contributed by atoms with E-state index in [-0.39, 0.29) is 5.91 Å². The Morgan fingerprint density at radius 1 is 1.14 bits per heavy atom. The van der Waals surface area contributed by atoms with Crippen molar-refractivity contribution in [3.8, 4) is 5.75 Å². The van der Waals surface area contributed by atoms with E-state index >= 15 is 0 Å². The van der Waals surface area contributed by atoms with Gasteiger partial charge in [0, 0.05) is 35.2 Å². The molecule has 0 aliphatic rings. The van der Waals surface area contributed by atoms with Gasteiger partial charge in [-0.3, -0.25) is 4.79 Å². The Balaban J connectivity index is 1.75. The lowest BCUT2D eigenvalue weighted by molar-refractivity contribution is -0.121. The first-order valence-electron chi connectivity index (χ1n) is 7.07. The molecule has 0 saturated carbocycles. The molecule has 0 atom stereocenters. The third-order valence-electron chi connectivity index (χ3n) is 3.21. The summed E-state index contributed by atoms with van der Waals surface area (Å²) in [5.41, 5.74) is 1.96. The molecule has 0 fully saturated rings. The van der Waals surface area contributed by atoms with Crippen LogP contribution >= 0.6 is 15.9 Å². The zero-order valence-corrected chi connectivity index (χ0v) is 14.0. The van der Waals surface area contributed by atoms with Crippen LogP contribution in [0.5, 0.6) is 5.75 Å². The van der Waals surface area contributed by atoms with E-state index in [1.165, 1.54) is 0 Å². The van der Waals surface area contributed by atoms with Crippen molar-refractivity contribution in [1.82, 2.24) is 5.32 Å². The van der Waals surface area contributed by atoms with Crippen LogP contribution in [0.2, 0.25) is 0 Å². The first-order valence-corrected chi connectivity index (χ1v) is 7.87. The van der Waals surface area contributed by atoms with Crippen molar-refractivity contribution in [1.29, 1.82) is 0 Å². The number of anilines is 1. The number of hydrogen-bond acceptors (Lipinski definition) is 3. The predicted molar refractivity (Wildman–Crippen MR) is 92.1 cm³/mol. The highest BCUT2D eigenvalue weighted by atomic mass is 79.9. The van der Waals surface area contributed by atoms with E-state index in [1.54, 1.807) is 7.11 Å². The second-order valence-electron chi connectivity index (χ2n) is 4.75. The molecule has 2 aromatic rings. The van der Waals surface area contributed by atoms with E-state index in [4.69, 9.17) is 4.74 Å². The fraction of sp³-hybridized carbons (Fsp3) is 0.235. The Morgan fingerprint density at radius 3 is 2.64 bits per heavy atom. The number of para-hydroxylation sites is 2. The number of halogens is 1. The number of methoxy groups -OCH3 is 1. The Morgan fingerprint density at radius 2 is 1.86 bits per heavy atom. The third kappa shape index (κ3) is 4.77. The van der Waals surface area contributed by atoms with E-state index < -0.39 is 0 Å². The lowest BCUT2D eigenvalue weighted by atomic mass is 10.2. The Bertz CT molecular complexity index is 632. The highest BCUT2D eigenvalue weighted by Crippen LogP contribution is 2.21. The molecule has 0 unspecified atom stereocenters. The van der Waals surface area contributed by atoms with Crippen molar-refractivity contribution in [2.24, 2.45) is 0 Å². The number of nitrogens with one attached hydrogen (secondary N) is 2. The molecule has 5 heteroatoms. The number of amides is 1. The van der Waals surface area contributed by atoms with Crippen LogP contribution in [0.15, 0.2) is 53.0 Å². The van der Waals surface area contributed by atoms with Gasteiger partial charge in [-0.2, -0.15) is 0 Å². The molecule has 0 aromatic heterocycles. The molecule has 0 heterocycles. The van der Waals surface area contributed by atoms with Crippen molar-refractivity contribution in [2.75, 3.05) is 19.0 Å². The third-order valence-corrected chi connectivity index (χ3v) is 3.90. The summed E-state index contributed by atoms with van der Waals surface area (Å²) in [6, 6.07) is 15.5. The predicted octanol–water partition coefficient (Wildman–Crippen LogP) is 3.58. The summed E-state index contributed by atoms with van der Waals surface area (Å²) in [6.07, 6.45) is 0.413. The Kier molecular flexibility index (Phi) is 6.27. The number of carbonyl (C=O) groups excluding carboxylic acids is 1. The first-order chi connectivity index (χ1) is 10.7. The molecule has 0 spiro atoms. The van der Waals surface area contributed by atoms with Crippen molar-refractivity contribution < 1.29 is 9.53 Å². The van der Waals surface area contributed by atoms with Crippen LogP contribution in [0.3, 0.4) is 0 Å². The minimum Gasteiger partial charge on any atom is -0.496 e. The number of rotatable bonds is 7. The quantitative estimate of drug-likeness (QED) is 0.791. The van der Waals surface area contributed by atoms with Gasteiger partial charge in [0.15, 0.2) is 0 Å². The van der Waals surface area contributed by atoms with Gasteiger partial charge >= 0.3 is 0 Å². The largest absolute Gasteiger partial charge is 0.496 e. The minimum absolute atomic E-state index is 0.00506. The SMILES string of the molecule is COc1ccccc1CNC(=O)CCNc1ccccc1Br. The smallest absolute Gasteiger partial charge is 0.222 e. The van der Waals surface area contributed by atoms with Crippen LogP contribution in [0.25, 0.3) is 0 Å². The van der Waals surface area contributed by atoms with Gasteiger partial charge in [0.2, 0.25) is 5.91 Å². The maximum Gasteiger partial charge on any atom is 0.222 e. The van der Waals surface area contributed by atoms with Gasteiger partial charge in [0.05, 0.1) is 7.11 Å². The molecule has 0 saturated heterocycles. The van der Waals surface area contributed by atoms with Crippen molar-refractivity contribution >= 4 is 27.5 Å². The number of ether oxygens (including phenoxy) is 1. The van der Waals surface area contributed by atoms with E-state index in [1.807, 2.05) is 48.5 Å². The number of benzene rings is 2. The van der Waals surface area contributed by atoms with E-state index in [0.29, 0.717) is 19.5 Å². The normalized spacial score (nSPS) is 10.1. The Labute approximate surface area is 139 Å². The zero-order chi connectivity index (χ0) is 15.8. The zero-order valence-electron chi connectivity index (χ0n) is 12.4. The summed E-state index contributed by atoms with van der Waals surface area (Å²) < 4.78 is 6.25. The second-order valence-corrected chi connectivity index (χ2v) is 5.60. The van der Waals surface area contributed by atoms with Gasteiger partial charge < -0.3 is 15.4 Å². The summed E-state index contributed by atoms with van der Waals surface area (Å²) in [5, 5.41) is 6.14. The van der Waals surface area contributed by atoms with Gasteiger partial charge in [-0.15, -0.1) is 0 Å². The highest BCUT2D eigenvalue weighted by molar-refractivity contribution is 9.10. The van der Waals surface area contributed by atoms with Crippen LogP contribution in [-0.2, 0) is 11.3 Å². The van der Waals surface area contributed by atoms with Crippen molar-refractivity contribution in [3.05, 3.63) is 58.6 Å². The van der Waals surface area contributed by atoms with Gasteiger partial charge in [-0.1, -0.05) is 30.3 Å². The average molecular weight is 363 g/mol. The van der Waals surface area contributed by atoms with Crippen LogP contribution in [-0.4, -0.2) is 19.6 Å². The monoisotopic (exact) mass is 362 g/mol. The summed E-state index contributed by atoms with van der Waals surface area (Å²) in [6.45, 7) is 1.05. The topological polar surface area (TPSA) is 50.4 Å². The Hall–Kier alpha value is -2.01. The average Bonchev–Trinajstić information content (AvgIpc) is 2.55. The fourth-order valence-electron chi connectivity index (χ4n) is 2.05. The summed E-state index contributed by atoms with van der Waals surface area (Å²) in [5.74, 6) is 0.791. The molecule has 2 rings (SSSR count). The molecule has 2 aromatic carbocycles. The number of hydrogen-bond donors (Lipinski definition) is 2. The lowest BCUT2D eigenvalue weighted by Crippen LogP contribution is -2.25. The van der Waals surface area contributed by atoms with Crippen LogP contribution in [0.4, 0.5) is 5.69 Å². The van der Waals surface area contributed by atoms with Crippen LogP contribution in [0.1, 0.15) is 12.0 Å². The lowest BCUT2D eigenvalue weighted by Gasteiger charge is -2.10. The summed E-state index contributed by atoms with van der Waals surface area (Å²) >= 11 is 3.46. The fourth-order valence-corrected chi connectivity index (χ4v) is 2.47. The van der Waals surface area contributed by atoms with Crippen molar-refractivity contribution in [3.63, 3.8) is 0 Å². The molecule has 1 amide bonds. The van der Waals surface area contributed by atoms with E-state index in [2.05, 4.69) is 26.6 Å².